The van der Waals surface area contributed by atoms with E-state index in [0.717, 1.165) is 41.7 Å². The summed E-state index contributed by atoms with van der Waals surface area (Å²) in [6.07, 6.45) is 10.9. The van der Waals surface area contributed by atoms with Crippen LogP contribution in [0.15, 0.2) is 35.7 Å². The maximum Gasteiger partial charge on any atom is 0.303 e. The standard InChI is InChI=1S/C23H26N2O2S/c1-4-20(26)25(21-16(2)10-8-11-17(21)3)22(19-14-9-15-28-19)23(27)24-18-12-6-5-7-13-18/h1,8-11,14-15,18,22H,5-7,12-13H2,2-3H3,(H,24,27). The SMILES string of the molecule is C#CC(=O)N(c1c(C)cccc1C)C(C(=O)NC1CCCCC1)c1cccs1. The van der Waals surface area contributed by atoms with Gasteiger partial charge in [-0.3, -0.25) is 14.5 Å². The van der Waals surface area contributed by atoms with Crippen LogP contribution in [0.4, 0.5) is 5.69 Å². The van der Waals surface area contributed by atoms with Crippen LogP contribution in [0.5, 0.6) is 0 Å². The van der Waals surface area contributed by atoms with Crippen LogP contribution in [0, 0.1) is 26.2 Å². The van der Waals surface area contributed by atoms with E-state index in [2.05, 4.69) is 11.2 Å². The number of para-hydroxylation sites is 1. The average Bonchev–Trinajstić information content (AvgIpc) is 3.21. The van der Waals surface area contributed by atoms with E-state index in [9.17, 15) is 9.59 Å². The second kappa shape index (κ2) is 9.07. The van der Waals surface area contributed by atoms with E-state index in [4.69, 9.17) is 6.42 Å². The number of carbonyl (C=O) groups is 2. The van der Waals surface area contributed by atoms with Gasteiger partial charge in [-0.2, -0.15) is 0 Å². The molecule has 1 atom stereocenters. The Balaban J connectivity index is 2.04. The van der Waals surface area contributed by atoms with Crippen molar-refractivity contribution in [2.24, 2.45) is 0 Å². The molecule has 1 heterocycles. The molecule has 1 N–H and O–H groups in total. The van der Waals surface area contributed by atoms with Gasteiger partial charge in [-0.1, -0.05) is 43.5 Å². The molecule has 0 radical (unpaired) electrons. The number of rotatable bonds is 5. The molecule has 3 rings (SSSR count). The first-order chi connectivity index (χ1) is 13.5. The summed E-state index contributed by atoms with van der Waals surface area (Å²) in [5.41, 5.74) is 2.54. The summed E-state index contributed by atoms with van der Waals surface area (Å²) in [5.74, 6) is 1.56. The summed E-state index contributed by atoms with van der Waals surface area (Å²) >= 11 is 1.46. The Labute approximate surface area is 170 Å². The highest BCUT2D eigenvalue weighted by Gasteiger charge is 2.35. The number of amides is 2. The van der Waals surface area contributed by atoms with Crippen LogP contribution in [0.1, 0.15) is 54.1 Å². The van der Waals surface area contributed by atoms with Crippen LogP contribution in [-0.2, 0) is 9.59 Å². The predicted molar refractivity (Wildman–Crippen MR) is 114 cm³/mol. The van der Waals surface area contributed by atoms with E-state index < -0.39 is 11.9 Å². The van der Waals surface area contributed by atoms with Crippen LogP contribution in [-0.4, -0.2) is 17.9 Å². The second-order valence-corrected chi connectivity index (χ2v) is 8.30. The Morgan fingerprint density at radius 1 is 1.14 bits per heavy atom. The Bertz CT molecular complexity index is 856. The summed E-state index contributed by atoms with van der Waals surface area (Å²) < 4.78 is 0. The van der Waals surface area contributed by atoms with Crippen LogP contribution in [0.3, 0.4) is 0 Å². The topological polar surface area (TPSA) is 49.4 Å². The molecule has 0 aliphatic heterocycles. The number of hydrogen-bond acceptors (Lipinski definition) is 3. The van der Waals surface area contributed by atoms with Crippen molar-refractivity contribution in [1.82, 2.24) is 5.32 Å². The Morgan fingerprint density at radius 3 is 2.39 bits per heavy atom. The lowest BCUT2D eigenvalue weighted by molar-refractivity contribution is -0.125. The molecule has 1 aromatic carbocycles. The first-order valence-electron chi connectivity index (χ1n) is 9.72. The minimum atomic E-state index is -0.773. The first-order valence-corrected chi connectivity index (χ1v) is 10.6. The van der Waals surface area contributed by atoms with Gasteiger partial charge in [0.05, 0.1) is 5.69 Å². The normalized spacial score (nSPS) is 15.5. The molecule has 4 nitrogen and oxygen atoms in total. The predicted octanol–water partition coefficient (Wildman–Crippen LogP) is 4.52. The van der Waals surface area contributed by atoms with E-state index >= 15 is 0 Å². The van der Waals surface area contributed by atoms with Crippen molar-refractivity contribution in [2.75, 3.05) is 4.90 Å². The number of nitrogens with one attached hydrogen (secondary N) is 1. The van der Waals surface area contributed by atoms with Crippen molar-refractivity contribution in [1.29, 1.82) is 0 Å². The fourth-order valence-corrected chi connectivity index (χ4v) is 4.76. The zero-order chi connectivity index (χ0) is 20.1. The Morgan fingerprint density at radius 2 is 1.82 bits per heavy atom. The lowest BCUT2D eigenvalue weighted by Gasteiger charge is -2.33. The van der Waals surface area contributed by atoms with Gasteiger partial charge in [0.25, 0.3) is 0 Å². The fraction of sp³-hybridized carbons (Fsp3) is 0.391. The molecule has 5 heteroatoms. The molecule has 0 spiro atoms. The van der Waals surface area contributed by atoms with Gasteiger partial charge in [0.1, 0.15) is 0 Å². The van der Waals surface area contributed by atoms with Gasteiger partial charge in [-0.25, -0.2) is 0 Å². The molecule has 28 heavy (non-hydrogen) atoms. The molecular formula is C23H26N2O2S. The molecule has 0 saturated heterocycles. The Hall–Kier alpha value is -2.58. The van der Waals surface area contributed by atoms with Crippen molar-refractivity contribution in [3.63, 3.8) is 0 Å². The minimum Gasteiger partial charge on any atom is -0.351 e. The molecule has 1 aliphatic rings. The number of anilines is 1. The summed E-state index contributed by atoms with van der Waals surface area (Å²) in [5, 5.41) is 5.10. The summed E-state index contributed by atoms with van der Waals surface area (Å²) in [4.78, 5) is 28.6. The molecule has 1 aliphatic carbocycles. The number of carbonyl (C=O) groups excluding carboxylic acids is 2. The molecule has 0 bridgehead atoms. The highest BCUT2D eigenvalue weighted by molar-refractivity contribution is 7.10. The van der Waals surface area contributed by atoms with Crippen molar-refractivity contribution >= 4 is 28.8 Å². The zero-order valence-electron chi connectivity index (χ0n) is 16.4. The van der Waals surface area contributed by atoms with E-state index in [1.165, 1.54) is 22.7 Å². The molecule has 1 fully saturated rings. The summed E-state index contributed by atoms with van der Waals surface area (Å²) in [6.45, 7) is 3.87. The van der Waals surface area contributed by atoms with E-state index in [-0.39, 0.29) is 11.9 Å². The van der Waals surface area contributed by atoms with Gasteiger partial charge in [0.2, 0.25) is 5.91 Å². The monoisotopic (exact) mass is 394 g/mol. The number of terminal acetylenes is 1. The highest BCUT2D eigenvalue weighted by Crippen LogP contribution is 2.35. The van der Waals surface area contributed by atoms with Gasteiger partial charge >= 0.3 is 5.91 Å². The fourth-order valence-electron chi connectivity index (χ4n) is 3.95. The number of aryl methyl sites for hydroxylation is 2. The molecule has 2 aromatic rings. The quantitative estimate of drug-likeness (QED) is 0.758. The molecule has 146 valence electrons. The maximum absolute atomic E-state index is 13.4. The smallest absolute Gasteiger partial charge is 0.303 e. The van der Waals surface area contributed by atoms with Crippen molar-refractivity contribution in [3.8, 4) is 12.3 Å². The highest BCUT2D eigenvalue weighted by atomic mass is 32.1. The second-order valence-electron chi connectivity index (χ2n) is 7.32. The summed E-state index contributed by atoms with van der Waals surface area (Å²) in [6, 6.07) is 8.97. The van der Waals surface area contributed by atoms with E-state index in [1.54, 1.807) is 0 Å². The van der Waals surface area contributed by atoms with E-state index in [0.29, 0.717) is 5.69 Å². The number of nitrogens with zero attached hydrogens (tertiary/aromatic N) is 1. The van der Waals surface area contributed by atoms with Crippen molar-refractivity contribution in [2.45, 2.75) is 58.0 Å². The third-order valence-electron chi connectivity index (χ3n) is 5.29. The van der Waals surface area contributed by atoms with Crippen LogP contribution < -0.4 is 10.2 Å². The molecule has 1 unspecified atom stereocenters. The zero-order valence-corrected chi connectivity index (χ0v) is 17.2. The molecule has 2 amide bonds. The minimum absolute atomic E-state index is 0.157. The Kier molecular flexibility index (Phi) is 6.53. The molecule has 1 aromatic heterocycles. The summed E-state index contributed by atoms with van der Waals surface area (Å²) in [7, 11) is 0. The van der Waals surface area contributed by atoms with Gasteiger partial charge < -0.3 is 5.32 Å². The van der Waals surface area contributed by atoms with Gasteiger partial charge in [-0.15, -0.1) is 17.8 Å². The van der Waals surface area contributed by atoms with Crippen LogP contribution in [0.2, 0.25) is 0 Å². The van der Waals surface area contributed by atoms with Crippen LogP contribution in [0.25, 0.3) is 0 Å². The van der Waals surface area contributed by atoms with Gasteiger partial charge in [0.15, 0.2) is 6.04 Å². The third-order valence-corrected chi connectivity index (χ3v) is 6.22. The molecule has 1 saturated carbocycles. The van der Waals surface area contributed by atoms with Gasteiger partial charge in [0, 0.05) is 10.9 Å². The lowest BCUT2D eigenvalue weighted by atomic mass is 9.95. The number of thiophene rings is 1. The van der Waals surface area contributed by atoms with Crippen molar-refractivity contribution < 1.29 is 9.59 Å². The first kappa shape index (κ1) is 20.2. The van der Waals surface area contributed by atoms with Crippen LogP contribution >= 0.6 is 11.3 Å². The lowest BCUT2D eigenvalue weighted by Crippen LogP contribution is -2.47. The average molecular weight is 395 g/mol. The third kappa shape index (κ3) is 4.28. The van der Waals surface area contributed by atoms with Crippen molar-refractivity contribution in [3.05, 3.63) is 51.7 Å². The number of benzene rings is 1. The van der Waals surface area contributed by atoms with Gasteiger partial charge in [-0.05, 0) is 55.2 Å². The molecular weight excluding hydrogens is 368 g/mol. The largest absolute Gasteiger partial charge is 0.351 e. The maximum atomic E-state index is 13.4. The number of hydrogen-bond donors (Lipinski definition) is 1. The van der Waals surface area contributed by atoms with E-state index in [1.807, 2.05) is 49.6 Å².